The number of benzene rings is 1. The summed E-state index contributed by atoms with van der Waals surface area (Å²) >= 11 is 0. The molecule has 0 bridgehead atoms. The molecule has 19 heavy (non-hydrogen) atoms. The molecule has 2 heterocycles. The number of aromatic amines is 1. The predicted octanol–water partition coefficient (Wildman–Crippen LogP) is 1.79. The summed E-state index contributed by atoms with van der Waals surface area (Å²) in [5, 5.41) is 10.0. The van der Waals surface area contributed by atoms with Crippen LogP contribution >= 0.6 is 0 Å². The van der Waals surface area contributed by atoms with Crippen molar-refractivity contribution in [1.29, 1.82) is 0 Å². The third kappa shape index (κ3) is 2.11. The first kappa shape index (κ1) is 11.2. The van der Waals surface area contributed by atoms with Crippen LogP contribution in [0.1, 0.15) is 10.4 Å². The maximum Gasteiger partial charge on any atom is 0.255 e. The number of carbonyl (C=O) groups is 1. The van der Waals surface area contributed by atoms with Gasteiger partial charge in [-0.3, -0.25) is 9.89 Å². The largest absolute Gasteiger partial charge is 0.384 e. The van der Waals surface area contributed by atoms with Gasteiger partial charge in [0.25, 0.3) is 5.91 Å². The molecule has 0 unspecified atom stereocenters. The Morgan fingerprint density at radius 1 is 1.26 bits per heavy atom. The maximum absolute atomic E-state index is 12.0. The zero-order valence-electron chi connectivity index (χ0n) is 9.92. The Kier molecular flexibility index (Phi) is 2.60. The second kappa shape index (κ2) is 4.41. The van der Waals surface area contributed by atoms with Gasteiger partial charge in [0, 0.05) is 5.56 Å². The van der Waals surface area contributed by atoms with E-state index in [-0.39, 0.29) is 5.91 Å². The lowest BCUT2D eigenvalue weighted by Crippen LogP contribution is -2.11. The molecule has 0 aliphatic rings. The molecule has 0 aliphatic heterocycles. The van der Waals surface area contributed by atoms with Crippen molar-refractivity contribution in [3.05, 3.63) is 48.2 Å². The lowest BCUT2D eigenvalue weighted by molar-refractivity contribution is 0.102. The fourth-order valence-corrected chi connectivity index (χ4v) is 1.78. The van der Waals surface area contributed by atoms with Gasteiger partial charge in [-0.2, -0.15) is 5.10 Å². The molecule has 6 heteroatoms. The van der Waals surface area contributed by atoms with E-state index >= 15 is 0 Å². The molecule has 3 aromatic rings. The standard InChI is InChI=1S/C13H11N5O/c14-11-10-6-9(7-15-12(10)18-17-11)16-13(19)8-4-2-1-3-5-8/h1-7H,(H,16,19)(H3,14,15,17,18). The lowest BCUT2D eigenvalue weighted by atomic mass is 10.2. The maximum atomic E-state index is 12.0. The molecule has 0 radical (unpaired) electrons. The van der Waals surface area contributed by atoms with Gasteiger partial charge in [-0.1, -0.05) is 18.2 Å². The number of anilines is 2. The number of rotatable bonds is 2. The van der Waals surface area contributed by atoms with Gasteiger partial charge < -0.3 is 11.1 Å². The minimum Gasteiger partial charge on any atom is -0.384 e. The summed E-state index contributed by atoms with van der Waals surface area (Å²) in [5.41, 5.74) is 7.40. The fourth-order valence-electron chi connectivity index (χ4n) is 1.78. The second-order valence-corrected chi connectivity index (χ2v) is 4.05. The van der Waals surface area contributed by atoms with Gasteiger partial charge in [0.05, 0.1) is 17.3 Å². The number of hydrogen-bond acceptors (Lipinski definition) is 4. The van der Waals surface area contributed by atoms with E-state index in [0.29, 0.717) is 28.1 Å². The molecular weight excluding hydrogens is 242 g/mol. The van der Waals surface area contributed by atoms with Crippen LogP contribution in [-0.4, -0.2) is 21.1 Å². The van der Waals surface area contributed by atoms with E-state index in [1.54, 1.807) is 24.4 Å². The van der Waals surface area contributed by atoms with Gasteiger partial charge in [0.2, 0.25) is 0 Å². The van der Waals surface area contributed by atoms with Crippen LogP contribution in [0.5, 0.6) is 0 Å². The topological polar surface area (TPSA) is 96.7 Å². The molecule has 4 N–H and O–H groups in total. The Morgan fingerprint density at radius 3 is 2.84 bits per heavy atom. The summed E-state index contributed by atoms with van der Waals surface area (Å²) in [6.07, 6.45) is 1.55. The average Bonchev–Trinajstić information content (AvgIpc) is 2.81. The number of pyridine rings is 1. The number of aromatic nitrogens is 3. The van der Waals surface area contributed by atoms with Crippen LogP contribution in [0.15, 0.2) is 42.6 Å². The van der Waals surface area contributed by atoms with Crippen molar-refractivity contribution in [1.82, 2.24) is 15.2 Å². The van der Waals surface area contributed by atoms with Crippen LogP contribution in [0.2, 0.25) is 0 Å². The number of nitrogen functional groups attached to an aromatic ring is 1. The van der Waals surface area contributed by atoms with Crippen molar-refractivity contribution in [2.24, 2.45) is 0 Å². The first-order valence-corrected chi connectivity index (χ1v) is 5.70. The van der Waals surface area contributed by atoms with E-state index in [4.69, 9.17) is 5.73 Å². The Balaban J connectivity index is 1.89. The monoisotopic (exact) mass is 253 g/mol. The van der Waals surface area contributed by atoms with Crippen LogP contribution < -0.4 is 11.1 Å². The molecule has 0 aliphatic carbocycles. The summed E-state index contributed by atoms with van der Waals surface area (Å²) in [6, 6.07) is 10.7. The molecule has 6 nitrogen and oxygen atoms in total. The van der Waals surface area contributed by atoms with E-state index in [2.05, 4.69) is 20.5 Å². The van der Waals surface area contributed by atoms with Crippen LogP contribution in [0.25, 0.3) is 11.0 Å². The predicted molar refractivity (Wildman–Crippen MR) is 72.7 cm³/mol. The molecule has 3 rings (SSSR count). The third-order valence-electron chi connectivity index (χ3n) is 2.73. The first-order valence-electron chi connectivity index (χ1n) is 5.70. The molecule has 2 aromatic heterocycles. The Morgan fingerprint density at radius 2 is 2.05 bits per heavy atom. The van der Waals surface area contributed by atoms with Gasteiger partial charge in [0.1, 0.15) is 5.82 Å². The van der Waals surface area contributed by atoms with E-state index in [1.807, 2.05) is 18.2 Å². The summed E-state index contributed by atoms with van der Waals surface area (Å²) < 4.78 is 0. The highest BCUT2D eigenvalue weighted by atomic mass is 16.1. The fraction of sp³-hybridized carbons (Fsp3) is 0. The van der Waals surface area contributed by atoms with Gasteiger partial charge in [-0.15, -0.1) is 0 Å². The number of hydrogen-bond donors (Lipinski definition) is 3. The molecule has 0 saturated carbocycles. The first-order chi connectivity index (χ1) is 9.24. The number of fused-ring (bicyclic) bond motifs is 1. The number of amides is 1. The molecule has 0 fully saturated rings. The number of carbonyl (C=O) groups excluding carboxylic acids is 1. The molecule has 0 spiro atoms. The summed E-state index contributed by atoms with van der Waals surface area (Å²) in [5.74, 6) is 0.238. The highest BCUT2D eigenvalue weighted by molar-refractivity contribution is 6.05. The van der Waals surface area contributed by atoms with Crippen LogP contribution in [0, 0.1) is 0 Å². The van der Waals surface area contributed by atoms with Gasteiger partial charge in [-0.05, 0) is 18.2 Å². The number of nitrogens with two attached hydrogens (primary N) is 1. The van der Waals surface area contributed by atoms with Crippen molar-refractivity contribution >= 4 is 28.4 Å². The number of H-pyrrole nitrogens is 1. The smallest absolute Gasteiger partial charge is 0.255 e. The minimum atomic E-state index is -0.191. The number of nitrogens with zero attached hydrogens (tertiary/aromatic N) is 2. The van der Waals surface area contributed by atoms with Gasteiger partial charge >= 0.3 is 0 Å². The van der Waals surface area contributed by atoms with Gasteiger partial charge in [0.15, 0.2) is 5.65 Å². The van der Waals surface area contributed by atoms with Crippen molar-refractivity contribution in [3.8, 4) is 0 Å². The Bertz CT molecular complexity index is 735. The van der Waals surface area contributed by atoms with Crippen LogP contribution in [-0.2, 0) is 0 Å². The molecule has 1 aromatic carbocycles. The minimum absolute atomic E-state index is 0.191. The third-order valence-corrected chi connectivity index (χ3v) is 2.73. The normalized spacial score (nSPS) is 10.5. The van der Waals surface area contributed by atoms with Crippen molar-refractivity contribution in [3.63, 3.8) is 0 Å². The highest BCUT2D eigenvalue weighted by Gasteiger charge is 2.08. The molecule has 0 atom stereocenters. The van der Waals surface area contributed by atoms with Crippen LogP contribution in [0.3, 0.4) is 0 Å². The van der Waals surface area contributed by atoms with Crippen molar-refractivity contribution in [2.45, 2.75) is 0 Å². The summed E-state index contributed by atoms with van der Waals surface area (Å²) in [7, 11) is 0. The average molecular weight is 253 g/mol. The van der Waals surface area contributed by atoms with E-state index in [9.17, 15) is 4.79 Å². The number of nitrogens with one attached hydrogen (secondary N) is 2. The SMILES string of the molecule is Nc1[nH]nc2ncc(NC(=O)c3ccccc3)cc12. The van der Waals surface area contributed by atoms with Crippen LogP contribution in [0.4, 0.5) is 11.5 Å². The molecule has 0 saturated heterocycles. The lowest BCUT2D eigenvalue weighted by Gasteiger charge is -2.04. The van der Waals surface area contributed by atoms with E-state index in [1.165, 1.54) is 0 Å². The van der Waals surface area contributed by atoms with E-state index < -0.39 is 0 Å². The quantitative estimate of drug-likeness (QED) is 0.648. The zero-order chi connectivity index (χ0) is 13.2. The van der Waals surface area contributed by atoms with E-state index in [0.717, 1.165) is 0 Å². The van der Waals surface area contributed by atoms with Crippen molar-refractivity contribution < 1.29 is 4.79 Å². The molecular formula is C13H11N5O. The van der Waals surface area contributed by atoms with Crippen molar-refractivity contribution in [2.75, 3.05) is 11.1 Å². The zero-order valence-corrected chi connectivity index (χ0v) is 9.92. The van der Waals surface area contributed by atoms with Gasteiger partial charge in [-0.25, -0.2) is 4.98 Å². The second-order valence-electron chi connectivity index (χ2n) is 4.05. The molecule has 94 valence electrons. The summed E-state index contributed by atoms with van der Waals surface area (Å²) in [6.45, 7) is 0. The highest BCUT2D eigenvalue weighted by Crippen LogP contribution is 2.19. The Hall–Kier alpha value is -2.89. The summed E-state index contributed by atoms with van der Waals surface area (Å²) in [4.78, 5) is 16.1. The molecule has 1 amide bonds. The Labute approximate surface area is 108 Å².